The molecule has 0 N–H and O–H groups in total. The van der Waals surface area contributed by atoms with Gasteiger partial charge in [-0.05, 0) is 0 Å². The Balaban J connectivity index is 0.00000384. The fraction of sp³-hybridized carbons (Fsp3) is 0.0732. The van der Waals surface area contributed by atoms with Crippen molar-refractivity contribution in [1.29, 1.82) is 0 Å². The molecule has 0 aliphatic rings. The Labute approximate surface area is 306 Å². The number of hydrogen-bond acceptors (Lipinski definition) is 0. The summed E-state index contributed by atoms with van der Waals surface area (Å²) >= 11 is 0. The molecule has 0 saturated carbocycles. The van der Waals surface area contributed by atoms with Crippen molar-refractivity contribution in [2.75, 3.05) is 0 Å². The molecule has 0 fully saturated rings. The average Bonchev–Trinajstić information content (AvgIpc) is 3.10. The van der Waals surface area contributed by atoms with Crippen LogP contribution in [0.5, 0.6) is 0 Å². The van der Waals surface area contributed by atoms with Gasteiger partial charge in [-0.3, -0.25) is 5.16 Å². The molecule has 0 saturated heterocycles. The van der Waals surface area contributed by atoms with Gasteiger partial charge in [-0.2, -0.15) is 12.8 Å². The fourth-order valence-corrected chi connectivity index (χ4v) is 21.3. The van der Waals surface area contributed by atoms with E-state index in [1.54, 1.807) is 5.16 Å². The zero-order valence-electron chi connectivity index (χ0n) is 25.4. The molecule has 0 bridgehead atoms. The van der Waals surface area contributed by atoms with Gasteiger partial charge >= 0.3 is 48.9 Å². The molecular formula is C41H38BaSi2. The van der Waals surface area contributed by atoms with Crippen LogP contribution in [0.2, 0.25) is 0 Å². The van der Waals surface area contributed by atoms with Gasteiger partial charge in [-0.25, -0.2) is 0 Å². The number of hydrogen-bond donors (Lipinski definition) is 0. The van der Waals surface area contributed by atoms with E-state index >= 15 is 0 Å². The predicted molar refractivity (Wildman–Crippen MR) is 196 cm³/mol. The minimum absolute atomic E-state index is 0. The largest absolute Gasteiger partial charge is 2.00 e. The van der Waals surface area contributed by atoms with E-state index in [-0.39, 0.29) is 48.9 Å². The molecule has 0 aromatic heterocycles. The Kier molecular flexibility index (Phi) is 11.6. The maximum Gasteiger partial charge on any atom is 2.00 e. The van der Waals surface area contributed by atoms with Gasteiger partial charge in [0, 0.05) is 16.1 Å². The maximum absolute atomic E-state index is 4.38. The van der Waals surface area contributed by atoms with Crippen LogP contribution in [-0.4, -0.2) is 65.0 Å². The molecule has 3 heteroatoms. The molecule has 0 radical (unpaired) electrons. The van der Waals surface area contributed by atoms with E-state index in [4.69, 9.17) is 0 Å². The van der Waals surface area contributed by atoms with Gasteiger partial charge in [-0.15, -0.1) is 6.42 Å². The molecule has 212 valence electrons. The van der Waals surface area contributed by atoms with Crippen LogP contribution in [0, 0.1) is 12.1 Å². The average molecular weight is 724 g/mol. The van der Waals surface area contributed by atoms with E-state index in [0.717, 1.165) is 19.3 Å². The smallest absolute Gasteiger partial charge is 0.343 e. The van der Waals surface area contributed by atoms with Crippen LogP contribution in [0.1, 0.15) is 19.3 Å². The quantitative estimate of drug-likeness (QED) is 0.0928. The van der Waals surface area contributed by atoms with E-state index in [0.29, 0.717) is 0 Å². The first-order valence-corrected chi connectivity index (χ1v) is 19.3. The molecule has 0 unspecified atom stereocenters. The zero-order valence-corrected chi connectivity index (χ0v) is 31.8. The van der Waals surface area contributed by atoms with E-state index in [2.05, 4.69) is 189 Å². The molecule has 6 aromatic rings. The monoisotopic (exact) mass is 724 g/mol. The van der Waals surface area contributed by atoms with E-state index in [9.17, 15) is 0 Å². The van der Waals surface area contributed by atoms with Gasteiger partial charge in [0.05, 0.1) is 0 Å². The van der Waals surface area contributed by atoms with Crippen LogP contribution < -0.4 is 31.1 Å². The first-order chi connectivity index (χ1) is 21.3. The Morgan fingerprint density at radius 1 is 0.364 bits per heavy atom. The summed E-state index contributed by atoms with van der Waals surface area (Å²) in [5, 5.41) is 10.3. The Bertz CT molecular complexity index is 1360. The summed E-state index contributed by atoms with van der Waals surface area (Å²) in [6.45, 7) is 4.38. The fourth-order valence-electron chi connectivity index (χ4n) is 7.13. The van der Waals surface area contributed by atoms with Gasteiger partial charge in [0.15, 0.2) is 0 Å². The molecule has 0 aliphatic heterocycles. The van der Waals surface area contributed by atoms with Crippen LogP contribution in [0.15, 0.2) is 182 Å². The van der Waals surface area contributed by atoms with Crippen LogP contribution >= 0.6 is 0 Å². The molecule has 0 aliphatic carbocycles. The minimum Gasteiger partial charge on any atom is -0.343 e. The van der Waals surface area contributed by atoms with E-state index < -0.39 is 16.1 Å². The summed E-state index contributed by atoms with van der Waals surface area (Å²) in [6, 6.07) is 68.6. The Hall–Kier alpha value is -2.67. The summed E-state index contributed by atoms with van der Waals surface area (Å²) in [7, 11) is -5.65. The summed E-state index contributed by atoms with van der Waals surface area (Å²) in [4.78, 5) is 0. The van der Waals surface area contributed by atoms with Crippen molar-refractivity contribution in [2.24, 2.45) is 0 Å². The van der Waals surface area contributed by atoms with Crippen LogP contribution in [0.25, 0.3) is 0 Å². The third kappa shape index (κ3) is 6.10. The normalized spacial score (nSPS) is 11.6. The molecule has 6 aromatic carbocycles. The first-order valence-electron chi connectivity index (χ1n) is 15.3. The molecule has 0 spiro atoms. The zero-order chi connectivity index (χ0) is 29.4. The van der Waals surface area contributed by atoms with Crippen molar-refractivity contribution in [3.63, 3.8) is 0 Å². The van der Waals surface area contributed by atoms with Crippen molar-refractivity contribution < 1.29 is 0 Å². The molecule has 0 atom stereocenters. The van der Waals surface area contributed by atoms with Crippen molar-refractivity contribution in [3.05, 3.63) is 194 Å². The third-order valence-corrected chi connectivity index (χ3v) is 20.6. The van der Waals surface area contributed by atoms with Gasteiger partial charge in [0.1, 0.15) is 0 Å². The van der Waals surface area contributed by atoms with Gasteiger partial charge in [0.25, 0.3) is 0 Å². The third-order valence-electron chi connectivity index (χ3n) is 8.82. The summed E-state index contributed by atoms with van der Waals surface area (Å²) in [5.41, 5.74) is 0. The van der Waals surface area contributed by atoms with Crippen molar-refractivity contribution in [1.82, 2.24) is 0 Å². The second-order valence-electron chi connectivity index (χ2n) is 11.1. The van der Waals surface area contributed by atoms with Crippen molar-refractivity contribution >= 4 is 96.1 Å². The van der Waals surface area contributed by atoms with Gasteiger partial charge in [0.2, 0.25) is 0 Å². The Morgan fingerprint density at radius 2 is 0.568 bits per heavy atom. The predicted octanol–water partition coefficient (Wildman–Crippen LogP) is 5.60. The van der Waals surface area contributed by atoms with Crippen LogP contribution in [-0.2, 0) is 0 Å². The summed E-state index contributed by atoms with van der Waals surface area (Å²) < 4.78 is 0. The van der Waals surface area contributed by atoms with E-state index in [1.807, 2.05) is 0 Å². The molecular weight excluding hydrogens is 686 g/mol. The van der Waals surface area contributed by atoms with Crippen LogP contribution in [0.4, 0.5) is 0 Å². The van der Waals surface area contributed by atoms with Crippen molar-refractivity contribution in [3.8, 4) is 0 Å². The summed E-state index contributed by atoms with van der Waals surface area (Å²) in [6.07, 6.45) is 2.95. The van der Waals surface area contributed by atoms with Gasteiger partial charge < -0.3 is 6.92 Å². The van der Waals surface area contributed by atoms with Gasteiger partial charge in [-0.1, -0.05) is 213 Å². The molecule has 0 amide bonds. The minimum atomic E-state index is -2.82. The second-order valence-corrected chi connectivity index (χ2v) is 19.3. The number of rotatable bonds is 11. The molecule has 6 rings (SSSR count). The Morgan fingerprint density at radius 3 is 0.750 bits per heavy atom. The number of benzene rings is 6. The molecule has 0 nitrogen and oxygen atoms in total. The molecule has 0 heterocycles. The topological polar surface area (TPSA) is 0 Å². The first kappa shape index (κ1) is 32.7. The molecule has 44 heavy (non-hydrogen) atoms. The van der Waals surface area contributed by atoms with Crippen LogP contribution in [0.3, 0.4) is 0 Å². The second kappa shape index (κ2) is 15.6. The van der Waals surface area contributed by atoms with E-state index in [1.165, 1.54) is 31.1 Å². The van der Waals surface area contributed by atoms with Crippen molar-refractivity contribution in [2.45, 2.75) is 19.3 Å². The maximum atomic E-state index is 4.38. The summed E-state index contributed by atoms with van der Waals surface area (Å²) in [5.74, 6) is 0. The SMILES string of the molecule is [Ba+2].[CH2-]CCC[C-]([Si](c1ccccc1)(c1ccccc1)c1ccccc1)[Si](c1ccccc1)(c1ccccc1)c1ccccc1. The standard InChI is InChI=1S/C41H38Si2.Ba/c1-2-3-34-41(42(35-22-10-4-11-23-35,36-24-12-5-13-25-36)37-26-14-6-15-27-37)43(38-28-16-7-17-29-38,39-30-18-8-19-31-39)40-32-20-9-21-33-40;/h4-33H,1-3,34H2;/q-2;+2. The number of unbranched alkanes of at least 4 members (excludes halogenated alkanes) is 1.